The Morgan fingerprint density at radius 2 is 1.91 bits per heavy atom. The van der Waals surface area contributed by atoms with Gasteiger partial charge in [-0.3, -0.25) is 9.59 Å². The third-order valence-corrected chi connectivity index (χ3v) is 4.40. The van der Waals surface area contributed by atoms with Crippen LogP contribution in [0.15, 0.2) is 0 Å². The Kier molecular flexibility index (Phi) is 4.92. The quantitative estimate of drug-likeness (QED) is 0.644. The fourth-order valence-corrected chi connectivity index (χ4v) is 2.72. The number of aromatic nitrogens is 1. The van der Waals surface area contributed by atoms with Crippen LogP contribution in [0.4, 0.5) is 0 Å². The molecule has 1 atom stereocenters. The van der Waals surface area contributed by atoms with Gasteiger partial charge in [-0.25, -0.2) is 4.79 Å². The molecule has 0 aliphatic heterocycles. The molecule has 126 valence electrons. The van der Waals surface area contributed by atoms with Crippen LogP contribution in [0.1, 0.15) is 58.8 Å². The molecule has 0 aromatic carbocycles. The minimum absolute atomic E-state index is 0.0160. The first-order valence-electron chi connectivity index (χ1n) is 7.96. The van der Waals surface area contributed by atoms with Crippen LogP contribution in [-0.2, 0) is 9.53 Å². The highest BCUT2D eigenvalue weighted by Crippen LogP contribution is 2.31. The van der Waals surface area contributed by atoms with Crippen molar-refractivity contribution in [2.45, 2.75) is 46.6 Å². The van der Waals surface area contributed by atoms with E-state index in [0.717, 1.165) is 12.8 Å². The van der Waals surface area contributed by atoms with Gasteiger partial charge in [0.1, 0.15) is 5.69 Å². The molecule has 0 saturated heterocycles. The third kappa shape index (κ3) is 3.30. The van der Waals surface area contributed by atoms with Gasteiger partial charge in [0, 0.05) is 24.2 Å². The summed E-state index contributed by atoms with van der Waals surface area (Å²) in [6.07, 6.45) is 1.80. The maximum atomic E-state index is 12.8. The number of ether oxygens (including phenoxy) is 1. The summed E-state index contributed by atoms with van der Waals surface area (Å²) in [4.78, 5) is 41.3. The lowest BCUT2D eigenvalue weighted by atomic mass is 10.00. The summed E-state index contributed by atoms with van der Waals surface area (Å²) in [5.41, 5.74) is 1.96. The number of nitrogens with zero attached hydrogens (tertiary/aromatic N) is 1. The molecule has 6 heteroatoms. The monoisotopic (exact) mass is 320 g/mol. The van der Waals surface area contributed by atoms with Crippen molar-refractivity contribution in [2.24, 2.45) is 5.92 Å². The molecule has 1 aliphatic carbocycles. The second-order valence-corrected chi connectivity index (χ2v) is 6.11. The molecule has 2 rings (SSSR count). The summed E-state index contributed by atoms with van der Waals surface area (Å²) < 4.78 is 5.00. The number of ketones is 1. The van der Waals surface area contributed by atoms with Gasteiger partial charge in [-0.05, 0) is 46.1 Å². The number of amides is 1. The van der Waals surface area contributed by atoms with E-state index in [4.69, 9.17) is 4.74 Å². The minimum atomic E-state index is -0.564. The molecule has 6 nitrogen and oxygen atoms in total. The van der Waals surface area contributed by atoms with Crippen LogP contribution in [0.25, 0.3) is 0 Å². The van der Waals surface area contributed by atoms with Crippen LogP contribution in [0.2, 0.25) is 0 Å². The number of aromatic amines is 1. The van der Waals surface area contributed by atoms with Gasteiger partial charge >= 0.3 is 5.97 Å². The van der Waals surface area contributed by atoms with Gasteiger partial charge < -0.3 is 14.6 Å². The molecule has 1 amide bonds. The van der Waals surface area contributed by atoms with Crippen LogP contribution < -0.4 is 0 Å². The zero-order valence-corrected chi connectivity index (χ0v) is 14.4. The van der Waals surface area contributed by atoms with Crippen LogP contribution in [0.3, 0.4) is 0 Å². The highest BCUT2D eigenvalue weighted by molar-refractivity contribution is 6.06. The molecule has 1 aromatic rings. The lowest BCUT2D eigenvalue weighted by Crippen LogP contribution is -2.41. The number of nitrogens with one attached hydrogen (secondary N) is 1. The van der Waals surface area contributed by atoms with Crippen molar-refractivity contribution in [3.8, 4) is 0 Å². The number of hydrogen-bond acceptors (Lipinski definition) is 4. The normalized spacial score (nSPS) is 15.2. The van der Waals surface area contributed by atoms with E-state index in [1.807, 2.05) is 0 Å². The Morgan fingerprint density at radius 1 is 1.30 bits per heavy atom. The maximum absolute atomic E-state index is 12.8. The smallest absolute Gasteiger partial charge is 0.355 e. The number of carbonyl (C=O) groups is 3. The van der Waals surface area contributed by atoms with Crippen LogP contribution in [-0.4, -0.2) is 47.2 Å². The summed E-state index contributed by atoms with van der Waals surface area (Å²) in [6.45, 7) is 7.19. The predicted octanol–water partition coefficient (Wildman–Crippen LogP) is 2.25. The van der Waals surface area contributed by atoms with E-state index in [1.54, 1.807) is 34.7 Å². The van der Waals surface area contributed by atoms with Crippen molar-refractivity contribution in [1.82, 2.24) is 9.88 Å². The molecule has 0 radical (unpaired) electrons. The van der Waals surface area contributed by atoms with E-state index in [0.29, 0.717) is 22.5 Å². The number of aryl methyl sites for hydroxylation is 1. The molecule has 1 aliphatic rings. The van der Waals surface area contributed by atoms with Gasteiger partial charge in [-0.1, -0.05) is 0 Å². The molecule has 0 bridgehead atoms. The molecule has 0 unspecified atom stereocenters. The second kappa shape index (κ2) is 6.56. The van der Waals surface area contributed by atoms with Gasteiger partial charge in [0.25, 0.3) is 0 Å². The van der Waals surface area contributed by atoms with E-state index in [1.165, 1.54) is 4.90 Å². The summed E-state index contributed by atoms with van der Waals surface area (Å²) in [7, 11) is 1.66. The standard InChI is InChI=1S/C17H24N2O4/c1-6-23-17(22)14-9(2)13(10(3)18-14)15(20)11(4)19(5)16(21)12-7-8-12/h11-12,18H,6-8H2,1-5H3/t11-/m0/s1. The Hall–Kier alpha value is -2.11. The number of Topliss-reactive ketones (excluding diaryl/α,β-unsaturated/α-hetero) is 1. The minimum Gasteiger partial charge on any atom is -0.461 e. The molecule has 1 aromatic heterocycles. The topological polar surface area (TPSA) is 79.5 Å². The summed E-state index contributed by atoms with van der Waals surface area (Å²) >= 11 is 0. The van der Waals surface area contributed by atoms with Gasteiger partial charge in [-0.2, -0.15) is 0 Å². The van der Waals surface area contributed by atoms with E-state index in [2.05, 4.69) is 4.98 Å². The summed E-state index contributed by atoms with van der Waals surface area (Å²) in [6, 6.07) is -0.564. The average Bonchev–Trinajstić information content (AvgIpc) is 3.31. The van der Waals surface area contributed by atoms with Crippen molar-refractivity contribution >= 4 is 17.7 Å². The lowest BCUT2D eigenvalue weighted by molar-refractivity contribution is -0.132. The van der Waals surface area contributed by atoms with Crippen molar-refractivity contribution < 1.29 is 19.1 Å². The average molecular weight is 320 g/mol. The molecule has 23 heavy (non-hydrogen) atoms. The molecule has 1 saturated carbocycles. The zero-order valence-electron chi connectivity index (χ0n) is 14.4. The molecule has 0 spiro atoms. The summed E-state index contributed by atoms with van der Waals surface area (Å²) in [5.74, 6) is -0.549. The third-order valence-electron chi connectivity index (χ3n) is 4.40. The molecule has 1 N–H and O–H groups in total. The van der Waals surface area contributed by atoms with E-state index < -0.39 is 12.0 Å². The van der Waals surface area contributed by atoms with Crippen LogP contribution >= 0.6 is 0 Å². The Balaban J connectivity index is 2.24. The number of carbonyl (C=O) groups excluding carboxylic acids is 3. The molecular formula is C17H24N2O4. The number of H-pyrrole nitrogens is 1. The van der Waals surface area contributed by atoms with Crippen molar-refractivity contribution in [3.63, 3.8) is 0 Å². The number of rotatable bonds is 6. The van der Waals surface area contributed by atoms with Gasteiger partial charge in [0.2, 0.25) is 5.91 Å². The Bertz CT molecular complexity index is 643. The van der Waals surface area contributed by atoms with Gasteiger partial charge in [0.05, 0.1) is 12.6 Å². The van der Waals surface area contributed by atoms with E-state index in [9.17, 15) is 14.4 Å². The highest BCUT2D eigenvalue weighted by atomic mass is 16.5. The first-order valence-corrected chi connectivity index (χ1v) is 7.96. The van der Waals surface area contributed by atoms with Crippen LogP contribution in [0.5, 0.6) is 0 Å². The first kappa shape index (κ1) is 17.2. The number of esters is 1. The number of likely N-dealkylation sites (N-methyl/N-ethyl adjacent to an activating group) is 1. The fraction of sp³-hybridized carbons (Fsp3) is 0.588. The first-order chi connectivity index (χ1) is 10.8. The highest BCUT2D eigenvalue weighted by Gasteiger charge is 2.36. The van der Waals surface area contributed by atoms with Crippen molar-refractivity contribution in [1.29, 1.82) is 0 Å². The number of hydrogen-bond donors (Lipinski definition) is 1. The van der Waals surface area contributed by atoms with Crippen LogP contribution in [0, 0.1) is 19.8 Å². The van der Waals surface area contributed by atoms with E-state index in [-0.39, 0.29) is 24.2 Å². The van der Waals surface area contributed by atoms with E-state index >= 15 is 0 Å². The van der Waals surface area contributed by atoms with Crippen molar-refractivity contribution in [3.05, 3.63) is 22.5 Å². The fourth-order valence-electron chi connectivity index (χ4n) is 2.72. The molecule has 1 heterocycles. The second-order valence-electron chi connectivity index (χ2n) is 6.11. The lowest BCUT2D eigenvalue weighted by Gasteiger charge is -2.24. The molecular weight excluding hydrogens is 296 g/mol. The SMILES string of the molecule is CCOC(=O)c1[nH]c(C)c(C(=O)[C@H](C)N(C)C(=O)C2CC2)c1C. The summed E-state index contributed by atoms with van der Waals surface area (Å²) in [5, 5.41) is 0. The molecule has 1 fully saturated rings. The Morgan fingerprint density at radius 3 is 2.43 bits per heavy atom. The maximum Gasteiger partial charge on any atom is 0.355 e. The van der Waals surface area contributed by atoms with Crippen molar-refractivity contribution in [2.75, 3.05) is 13.7 Å². The van der Waals surface area contributed by atoms with Gasteiger partial charge in [0.15, 0.2) is 5.78 Å². The predicted molar refractivity (Wildman–Crippen MR) is 85.5 cm³/mol. The largest absolute Gasteiger partial charge is 0.461 e. The zero-order chi connectivity index (χ0) is 17.3. The Labute approximate surface area is 136 Å². The van der Waals surface area contributed by atoms with Gasteiger partial charge in [-0.15, -0.1) is 0 Å².